The van der Waals surface area contributed by atoms with Gasteiger partial charge in [0.05, 0.1) is 25.0 Å². The zero-order valence-corrected chi connectivity index (χ0v) is 15.2. The average molecular weight is 353 g/mol. The van der Waals surface area contributed by atoms with Crippen molar-refractivity contribution in [2.45, 2.75) is 31.6 Å². The van der Waals surface area contributed by atoms with Crippen molar-refractivity contribution in [3.05, 3.63) is 29.3 Å². The van der Waals surface area contributed by atoms with E-state index in [1.54, 1.807) is 0 Å². The van der Waals surface area contributed by atoms with Gasteiger partial charge in [-0.25, -0.2) is 13.1 Å². The van der Waals surface area contributed by atoms with Gasteiger partial charge >= 0.3 is 0 Å². The van der Waals surface area contributed by atoms with E-state index in [2.05, 4.69) is 47.0 Å². The van der Waals surface area contributed by atoms with Gasteiger partial charge in [-0.15, -0.1) is 0 Å². The molecule has 2 aliphatic rings. The SMILES string of the molecule is CC(C)c1ccc(N2CCNCC2)c(CS(=O)(=O)NC2COC2)c1. The van der Waals surface area contributed by atoms with Crippen molar-refractivity contribution in [2.24, 2.45) is 0 Å². The first-order chi connectivity index (χ1) is 11.4. The molecule has 0 spiro atoms. The molecular weight excluding hydrogens is 326 g/mol. The molecule has 6 nitrogen and oxygen atoms in total. The van der Waals surface area contributed by atoms with Gasteiger partial charge in [-0.2, -0.15) is 0 Å². The fraction of sp³-hybridized carbons (Fsp3) is 0.647. The summed E-state index contributed by atoms with van der Waals surface area (Å²) in [5.74, 6) is 0.389. The lowest BCUT2D eigenvalue weighted by molar-refractivity contribution is 0.00480. The highest BCUT2D eigenvalue weighted by molar-refractivity contribution is 7.88. The maximum Gasteiger partial charge on any atom is 0.216 e. The van der Waals surface area contributed by atoms with E-state index in [4.69, 9.17) is 4.74 Å². The van der Waals surface area contributed by atoms with E-state index in [9.17, 15) is 8.42 Å². The standard InChI is InChI=1S/C17H27N3O3S/c1-13(2)14-3-4-17(20-7-5-18-6-8-20)15(9-14)12-24(21,22)19-16-10-23-11-16/h3-4,9,13,16,18-19H,5-8,10-12H2,1-2H3. The largest absolute Gasteiger partial charge is 0.378 e. The molecule has 1 aromatic carbocycles. The van der Waals surface area contributed by atoms with Crippen molar-refractivity contribution < 1.29 is 13.2 Å². The van der Waals surface area contributed by atoms with Gasteiger partial charge in [0.1, 0.15) is 0 Å². The van der Waals surface area contributed by atoms with Crippen LogP contribution in [0.25, 0.3) is 0 Å². The monoisotopic (exact) mass is 353 g/mol. The highest BCUT2D eigenvalue weighted by atomic mass is 32.2. The van der Waals surface area contributed by atoms with Crippen LogP contribution in [0.1, 0.15) is 30.9 Å². The topological polar surface area (TPSA) is 70.7 Å². The summed E-state index contributed by atoms with van der Waals surface area (Å²) >= 11 is 0. The molecule has 134 valence electrons. The second kappa shape index (κ2) is 7.39. The first kappa shape index (κ1) is 17.7. The Balaban J connectivity index is 1.85. The Kier molecular flexibility index (Phi) is 5.44. The Morgan fingerprint density at radius 2 is 2.00 bits per heavy atom. The number of benzene rings is 1. The molecule has 2 heterocycles. The maximum atomic E-state index is 12.5. The number of nitrogens with zero attached hydrogens (tertiary/aromatic N) is 1. The smallest absolute Gasteiger partial charge is 0.216 e. The summed E-state index contributed by atoms with van der Waals surface area (Å²) in [5, 5.41) is 3.34. The third-order valence-corrected chi connectivity index (χ3v) is 5.94. The van der Waals surface area contributed by atoms with Gasteiger partial charge in [-0.1, -0.05) is 26.0 Å². The third-order valence-electron chi connectivity index (χ3n) is 4.56. The minimum atomic E-state index is -3.37. The number of hydrogen-bond donors (Lipinski definition) is 2. The van der Waals surface area contributed by atoms with Gasteiger partial charge in [-0.05, 0) is 23.1 Å². The van der Waals surface area contributed by atoms with Crippen LogP contribution in [0.3, 0.4) is 0 Å². The summed E-state index contributed by atoms with van der Waals surface area (Å²) in [5.41, 5.74) is 3.10. The number of sulfonamides is 1. The number of piperazine rings is 1. The van der Waals surface area contributed by atoms with Crippen molar-refractivity contribution in [3.8, 4) is 0 Å². The van der Waals surface area contributed by atoms with Crippen LogP contribution in [0.4, 0.5) is 5.69 Å². The Morgan fingerprint density at radius 3 is 2.58 bits per heavy atom. The van der Waals surface area contributed by atoms with E-state index < -0.39 is 10.0 Å². The summed E-state index contributed by atoms with van der Waals surface area (Å²) in [7, 11) is -3.37. The lowest BCUT2D eigenvalue weighted by Crippen LogP contribution is -2.49. The van der Waals surface area contributed by atoms with Gasteiger partial charge in [0.25, 0.3) is 0 Å². The summed E-state index contributed by atoms with van der Waals surface area (Å²) < 4.78 is 32.8. The molecule has 0 radical (unpaired) electrons. The van der Waals surface area contributed by atoms with Crippen LogP contribution in [-0.4, -0.2) is 53.9 Å². The highest BCUT2D eigenvalue weighted by Gasteiger charge is 2.26. The molecule has 0 atom stereocenters. The van der Waals surface area contributed by atoms with Crippen LogP contribution >= 0.6 is 0 Å². The van der Waals surface area contributed by atoms with Crippen LogP contribution in [-0.2, 0) is 20.5 Å². The molecule has 0 unspecified atom stereocenters. The first-order valence-corrected chi connectivity index (χ1v) is 10.3. The molecule has 7 heteroatoms. The number of anilines is 1. The first-order valence-electron chi connectivity index (χ1n) is 8.61. The van der Waals surface area contributed by atoms with Crippen LogP contribution in [0, 0.1) is 0 Å². The minimum Gasteiger partial charge on any atom is -0.378 e. The van der Waals surface area contributed by atoms with Gasteiger partial charge in [0, 0.05) is 31.9 Å². The molecule has 24 heavy (non-hydrogen) atoms. The van der Waals surface area contributed by atoms with Gasteiger partial charge in [0.15, 0.2) is 0 Å². The van der Waals surface area contributed by atoms with Crippen molar-refractivity contribution in [1.82, 2.24) is 10.0 Å². The lowest BCUT2D eigenvalue weighted by atomic mass is 9.99. The fourth-order valence-corrected chi connectivity index (χ4v) is 4.47. The van der Waals surface area contributed by atoms with Gasteiger partial charge < -0.3 is 15.0 Å². The molecule has 2 saturated heterocycles. The van der Waals surface area contributed by atoms with E-state index >= 15 is 0 Å². The molecule has 0 aliphatic carbocycles. The Labute approximate surface area is 144 Å². The van der Waals surface area contributed by atoms with Crippen LogP contribution < -0.4 is 14.9 Å². The Bertz CT molecular complexity index is 666. The van der Waals surface area contributed by atoms with E-state index in [1.807, 2.05) is 0 Å². The summed E-state index contributed by atoms with van der Waals surface area (Å²) in [4.78, 5) is 2.28. The van der Waals surface area contributed by atoms with E-state index in [-0.39, 0.29) is 11.8 Å². The Hall–Kier alpha value is -1.15. The number of nitrogens with one attached hydrogen (secondary N) is 2. The molecule has 2 N–H and O–H groups in total. The predicted molar refractivity (Wildman–Crippen MR) is 96.0 cm³/mol. The molecule has 0 amide bonds. The second-order valence-corrected chi connectivity index (χ2v) is 8.65. The van der Waals surface area contributed by atoms with Crippen LogP contribution in [0.15, 0.2) is 18.2 Å². The molecular formula is C17H27N3O3S. The summed E-state index contributed by atoms with van der Waals surface area (Å²) in [6.45, 7) is 8.84. The van der Waals surface area contributed by atoms with Gasteiger partial charge in [0.2, 0.25) is 10.0 Å². The minimum absolute atomic E-state index is 0.0172. The quantitative estimate of drug-likeness (QED) is 0.800. The maximum absolute atomic E-state index is 12.5. The van der Waals surface area contributed by atoms with Crippen molar-refractivity contribution >= 4 is 15.7 Å². The summed E-state index contributed by atoms with van der Waals surface area (Å²) in [6.07, 6.45) is 0. The molecule has 0 saturated carbocycles. The number of rotatable bonds is 6. The second-order valence-electron chi connectivity index (χ2n) is 6.89. The molecule has 1 aromatic rings. The molecule has 0 bridgehead atoms. The van der Waals surface area contributed by atoms with Crippen molar-refractivity contribution in [1.29, 1.82) is 0 Å². The number of hydrogen-bond acceptors (Lipinski definition) is 5. The molecule has 2 fully saturated rings. The third kappa shape index (κ3) is 4.27. The van der Waals surface area contributed by atoms with Crippen molar-refractivity contribution in [3.63, 3.8) is 0 Å². The van der Waals surface area contributed by atoms with Crippen LogP contribution in [0.2, 0.25) is 0 Å². The van der Waals surface area contributed by atoms with Gasteiger partial charge in [-0.3, -0.25) is 0 Å². The summed E-state index contributed by atoms with van der Waals surface area (Å²) in [6, 6.07) is 6.17. The van der Waals surface area contributed by atoms with E-state index in [1.165, 1.54) is 5.56 Å². The normalized spacial score (nSPS) is 19.5. The predicted octanol–water partition coefficient (Wildman–Crippen LogP) is 1.04. The number of ether oxygens (including phenoxy) is 1. The van der Waals surface area contributed by atoms with Crippen LogP contribution in [0.5, 0.6) is 0 Å². The molecule has 0 aromatic heterocycles. The average Bonchev–Trinajstić information content (AvgIpc) is 2.51. The zero-order valence-electron chi connectivity index (χ0n) is 14.4. The van der Waals surface area contributed by atoms with E-state index in [0.29, 0.717) is 19.1 Å². The Morgan fingerprint density at radius 1 is 1.29 bits per heavy atom. The fourth-order valence-electron chi connectivity index (χ4n) is 3.10. The molecule has 3 rings (SSSR count). The van der Waals surface area contributed by atoms with Crippen molar-refractivity contribution in [2.75, 3.05) is 44.3 Å². The highest BCUT2D eigenvalue weighted by Crippen LogP contribution is 2.27. The lowest BCUT2D eigenvalue weighted by Gasteiger charge is -2.32. The van der Waals surface area contributed by atoms with E-state index in [0.717, 1.165) is 37.4 Å². The molecule has 2 aliphatic heterocycles. The zero-order chi connectivity index (χ0) is 17.2.